The van der Waals surface area contributed by atoms with Gasteiger partial charge in [-0.15, -0.1) is 0 Å². The Morgan fingerprint density at radius 1 is 1.15 bits per heavy atom. The Kier molecular flexibility index (Phi) is 4.78. The second kappa shape index (κ2) is 7.21. The van der Waals surface area contributed by atoms with Crippen LogP contribution in [0.15, 0.2) is 64.1 Å². The first kappa shape index (κ1) is 17.2. The molecule has 0 aliphatic carbocycles. The summed E-state index contributed by atoms with van der Waals surface area (Å²) >= 11 is 13.9. The molecule has 3 aromatic heterocycles. The van der Waals surface area contributed by atoms with Gasteiger partial charge in [-0.05, 0) is 35.7 Å². The number of nitrogens with zero attached hydrogens (tertiary/aromatic N) is 2. The SMILES string of the molecule is OC(c1cccnc1)c1c(-c2ccc(Cl)cc2Cl)noc1-c1ccsc1. The lowest BCUT2D eigenvalue weighted by molar-refractivity contribution is 0.220. The van der Waals surface area contributed by atoms with Gasteiger partial charge in [0.05, 0.1) is 10.6 Å². The molecule has 1 unspecified atom stereocenters. The summed E-state index contributed by atoms with van der Waals surface area (Å²) in [6.45, 7) is 0. The minimum atomic E-state index is -0.966. The van der Waals surface area contributed by atoms with Crippen LogP contribution < -0.4 is 0 Å². The predicted molar refractivity (Wildman–Crippen MR) is 104 cm³/mol. The highest BCUT2D eigenvalue weighted by atomic mass is 35.5. The van der Waals surface area contributed by atoms with Crippen molar-refractivity contribution in [3.05, 3.63) is 80.7 Å². The highest BCUT2D eigenvalue weighted by molar-refractivity contribution is 7.08. The van der Waals surface area contributed by atoms with Gasteiger partial charge in [-0.25, -0.2) is 0 Å². The molecule has 0 saturated heterocycles. The molecule has 0 radical (unpaired) electrons. The number of aromatic nitrogens is 2. The van der Waals surface area contributed by atoms with Crippen molar-refractivity contribution in [2.24, 2.45) is 0 Å². The van der Waals surface area contributed by atoms with Gasteiger partial charge in [0.15, 0.2) is 5.76 Å². The summed E-state index contributed by atoms with van der Waals surface area (Å²) in [5.74, 6) is 0.503. The molecule has 0 aliphatic heterocycles. The highest BCUT2D eigenvalue weighted by Crippen LogP contribution is 2.41. The fraction of sp³-hybridized carbons (Fsp3) is 0.0526. The zero-order valence-electron chi connectivity index (χ0n) is 13.3. The van der Waals surface area contributed by atoms with Crippen LogP contribution in [0.3, 0.4) is 0 Å². The minimum Gasteiger partial charge on any atom is -0.383 e. The second-order valence-corrected chi connectivity index (χ2v) is 7.22. The fourth-order valence-corrected chi connectivity index (χ4v) is 3.87. The Hall–Kier alpha value is -2.18. The summed E-state index contributed by atoms with van der Waals surface area (Å²) in [5.41, 5.74) is 3.14. The molecule has 4 rings (SSSR count). The highest BCUT2D eigenvalue weighted by Gasteiger charge is 2.27. The molecule has 4 nitrogen and oxygen atoms in total. The number of pyridine rings is 1. The smallest absolute Gasteiger partial charge is 0.174 e. The van der Waals surface area contributed by atoms with E-state index in [9.17, 15) is 5.11 Å². The van der Waals surface area contributed by atoms with Gasteiger partial charge in [0.25, 0.3) is 0 Å². The van der Waals surface area contributed by atoms with Gasteiger partial charge >= 0.3 is 0 Å². The van der Waals surface area contributed by atoms with E-state index in [0.29, 0.717) is 38.2 Å². The zero-order chi connectivity index (χ0) is 18.1. The molecular weight excluding hydrogens is 391 g/mol. The van der Waals surface area contributed by atoms with Crippen LogP contribution in [0.2, 0.25) is 10.0 Å². The van der Waals surface area contributed by atoms with Gasteiger partial charge in [0, 0.05) is 39.5 Å². The summed E-state index contributed by atoms with van der Waals surface area (Å²) in [6.07, 6.45) is 2.30. The number of hydrogen-bond acceptors (Lipinski definition) is 5. The Labute approximate surface area is 163 Å². The standard InChI is InChI=1S/C19H12Cl2N2O2S/c20-13-3-4-14(15(21)8-13)17-16(18(24)11-2-1-6-22-9-11)19(25-23-17)12-5-7-26-10-12/h1-10,18,24H. The van der Waals surface area contributed by atoms with Crippen molar-refractivity contribution in [1.29, 1.82) is 0 Å². The van der Waals surface area contributed by atoms with E-state index in [4.69, 9.17) is 27.7 Å². The summed E-state index contributed by atoms with van der Waals surface area (Å²) in [5, 5.41) is 20.1. The summed E-state index contributed by atoms with van der Waals surface area (Å²) in [4.78, 5) is 4.09. The van der Waals surface area contributed by atoms with Crippen molar-refractivity contribution in [3.63, 3.8) is 0 Å². The Balaban J connectivity index is 1.93. The van der Waals surface area contributed by atoms with E-state index >= 15 is 0 Å². The Morgan fingerprint density at radius 3 is 2.73 bits per heavy atom. The summed E-state index contributed by atoms with van der Waals surface area (Å²) < 4.78 is 5.61. The lowest BCUT2D eigenvalue weighted by atomic mass is 9.95. The molecule has 1 N–H and O–H groups in total. The molecule has 0 amide bonds. The number of halogens is 2. The molecule has 0 bridgehead atoms. The predicted octanol–water partition coefficient (Wildman–Crippen LogP) is 5.85. The summed E-state index contributed by atoms with van der Waals surface area (Å²) in [6, 6.07) is 10.6. The van der Waals surface area contributed by atoms with Gasteiger partial charge in [-0.2, -0.15) is 11.3 Å². The van der Waals surface area contributed by atoms with Crippen molar-refractivity contribution >= 4 is 34.5 Å². The fourth-order valence-electron chi connectivity index (χ4n) is 2.73. The molecule has 0 saturated carbocycles. The number of benzene rings is 1. The lowest BCUT2D eigenvalue weighted by Crippen LogP contribution is -2.02. The number of thiophene rings is 1. The lowest BCUT2D eigenvalue weighted by Gasteiger charge is -2.12. The molecule has 26 heavy (non-hydrogen) atoms. The van der Waals surface area contributed by atoms with E-state index in [-0.39, 0.29) is 0 Å². The largest absolute Gasteiger partial charge is 0.383 e. The van der Waals surface area contributed by atoms with Crippen LogP contribution in [-0.2, 0) is 0 Å². The van der Waals surface area contributed by atoms with Crippen molar-refractivity contribution < 1.29 is 9.63 Å². The van der Waals surface area contributed by atoms with Crippen molar-refractivity contribution in [3.8, 4) is 22.6 Å². The third-order valence-corrected chi connectivity index (χ3v) is 5.20. The van der Waals surface area contributed by atoms with E-state index in [1.165, 1.54) is 11.3 Å². The number of hydrogen-bond donors (Lipinski definition) is 1. The van der Waals surface area contributed by atoms with E-state index in [2.05, 4.69) is 10.1 Å². The monoisotopic (exact) mass is 402 g/mol. The molecular formula is C19H12Cl2N2O2S. The van der Waals surface area contributed by atoms with E-state index in [0.717, 1.165) is 5.56 Å². The molecule has 7 heteroatoms. The zero-order valence-corrected chi connectivity index (χ0v) is 15.6. The Bertz CT molecular complexity index is 1030. The first-order valence-corrected chi connectivity index (χ1v) is 9.40. The molecule has 0 spiro atoms. The molecule has 130 valence electrons. The normalized spacial score (nSPS) is 12.3. The first-order valence-electron chi connectivity index (χ1n) is 7.70. The van der Waals surface area contributed by atoms with Gasteiger partial charge < -0.3 is 9.63 Å². The number of aliphatic hydroxyl groups is 1. The van der Waals surface area contributed by atoms with Crippen LogP contribution in [0.25, 0.3) is 22.6 Å². The maximum atomic E-state index is 11.0. The average Bonchev–Trinajstić information content (AvgIpc) is 3.31. The quantitative estimate of drug-likeness (QED) is 0.464. The number of aliphatic hydroxyl groups excluding tert-OH is 1. The molecule has 1 aromatic carbocycles. The molecule has 3 heterocycles. The maximum Gasteiger partial charge on any atom is 0.174 e. The summed E-state index contributed by atoms with van der Waals surface area (Å²) in [7, 11) is 0. The Morgan fingerprint density at radius 2 is 2.04 bits per heavy atom. The van der Waals surface area contributed by atoms with Crippen LogP contribution in [0.1, 0.15) is 17.2 Å². The first-order chi connectivity index (χ1) is 12.6. The van der Waals surface area contributed by atoms with Crippen molar-refractivity contribution in [2.75, 3.05) is 0 Å². The second-order valence-electron chi connectivity index (χ2n) is 5.60. The topological polar surface area (TPSA) is 59.2 Å². The molecule has 1 atom stereocenters. The van der Waals surface area contributed by atoms with Gasteiger partial charge in [-0.1, -0.05) is 34.4 Å². The van der Waals surface area contributed by atoms with Crippen LogP contribution in [0.4, 0.5) is 0 Å². The van der Waals surface area contributed by atoms with Crippen LogP contribution >= 0.6 is 34.5 Å². The van der Waals surface area contributed by atoms with Gasteiger partial charge in [0.1, 0.15) is 11.8 Å². The minimum absolute atomic E-state index is 0.433. The van der Waals surface area contributed by atoms with E-state index in [1.54, 1.807) is 42.7 Å². The average molecular weight is 403 g/mol. The number of rotatable bonds is 4. The third kappa shape index (κ3) is 3.15. The molecule has 0 fully saturated rings. The molecule has 4 aromatic rings. The van der Waals surface area contributed by atoms with Crippen LogP contribution in [0.5, 0.6) is 0 Å². The van der Waals surface area contributed by atoms with Crippen LogP contribution in [0, 0.1) is 0 Å². The maximum absolute atomic E-state index is 11.0. The van der Waals surface area contributed by atoms with E-state index in [1.807, 2.05) is 16.8 Å². The van der Waals surface area contributed by atoms with Crippen LogP contribution in [-0.4, -0.2) is 15.2 Å². The van der Waals surface area contributed by atoms with Gasteiger partial charge in [0.2, 0.25) is 0 Å². The van der Waals surface area contributed by atoms with E-state index < -0.39 is 6.10 Å². The molecule has 0 aliphatic rings. The third-order valence-electron chi connectivity index (χ3n) is 3.97. The van der Waals surface area contributed by atoms with Crippen molar-refractivity contribution in [2.45, 2.75) is 6.10 Å². The van der Waals surface area contributed by atoms with Gasteiger partial charge in [-0.3, -0.25) is 4.98 Å². The van der Waals surface area contributed by atoms with Crippen molar-refractivity contribution in [1.82, 2.24) is 10.1 Å².